The highest BCUT2D eigenvalue weighted by molar-refractivity contribution is 5.33. The summed E-state index contributed by atoms with van der Waals surface area (Å²) in [5.74, 6) is 2.02. The number of nitrogens with zero attached hydrogens (tertiary/aromatic N) is 1. The maximum Gasteiger partial charge on any atom is 0.115 e. The first-order valence-electron chi connectivity index (χ1n) is 7.60. The zero-order chi connectivity index (χ0) is 13.5. The molecule has 0 amide bonds. The number of phenolic OH excluding ortho intramolecular Hbond substituents is 1. The van der Waals surface area contributed by atoms with Gasteiger partial charge in [-0.05, 0) is 60.8 Å². The molecule has 2 atom stereocenters. The molecule has 2 aliphatic rings. The Bertz CT molecular complexity index is 454. The van der Waals surface area contributed by atoms with Gasteiger partial charge < -0.3 is 10.0 Å². The Labute approximate surface area is 116 Å². The Hall–Kier alpha value is -1.02. The van der Waals surface area contributed by atoms with Gasteiger partial charge in [0.2, 0.25) is 0 Å². The SMILES string of the molecule is C[C@@H]1CN(CC2CC2)CC[C@]1(C)c1cccc(O)c1. The summed E-state index contributed by atoms with van der Waals surface area (Å²) < 4.78 is 0. The van der Waals surface area contributed by atoms with Crippen molar-refractivity contribution in [3.05, 3.63) is 29.8 Å². The smallest absolute Gasteiger partial charge is 0.115 e. The Balaban J connectivity index is 1.73. The molecule has 0 spiro atoms. The van der Waals surface area contributed by atoms with Crippen molar-refractivity contribution in [2.75, 3.05) is 19.6 Å². The van der Waals surface area contributed by atoms with Gasteiger partial charge in [-0.15, -0.1) is 0 Å². The van der Waals surface area contributed by atoms with Gasteiger partial charge in [0.1, 0.15) is 5.75 Å². The second-order valence-corrected chi connectivity index (χ2v) is 6.82. The standard InChI is InChI=1S/C17H25NO/c1-13-11-18(12-14-6-7-14)9-8-17(13,2)15-4-3-5-16(19)10-15/h3-5,10,13-14,19H,6-9,11-12H2,1-2H3/t13-,17+/m1/s1. The molecule has 0 aromatic heterocycles. The fraction of sp³-hybridized carbons (Fsp3) is 0.647. The monoisotopic (exact) mass is 259 g/mol. The van der Waals surface area contributed by atoms with Crippen molar-refractivity contribution >= 4 is 0 Å². The molecular formula is C17H25NO. The van der Waals surface area contributed by atoms with E-state index in [1.54, 1.807) is 6.07 Å². The lowest BCUT2D eigenvalue weighted by molar-refractivity contribution is 0.107. The molecule has 2 nitrogen and oxygen atoms in total. The Morgan fingerprint density at radius 2 is 2.16 bits per heavy atom. The lowest BCUT2D eigenvalue weighted by Gasteiger charge is -2.45. The molecule has 2 fully saturated rings. The summed E-state index contributed by atoms with van der Waals surface area (Å²) in [4.78, 5) is 2.65. The van der Waals surface area contributed by atoms with E-state index in [2.05, 4.69) is 24.8 Å². The number of hydrogen-bond donors (Lipinski definition) is 1. The molecule has 1 saturated carbocycles. The van der Waals surface area contributed by atoms with Crippen LogP contribution in [0.25, 0.3) is 0 Å². The van der Waals surface area contributed by atoms with E-state index in [1.165, 1.54) is 44.5 Å². The Kier molecular flexibility index (Phi) is 3.30. The van der Waals surface area contributed by atoms with Crippen LogP contribution in [0, 0.1) is 11.8 Å². The van der Waals surface area contributed by atoms with Gasteiger partial charge in [-0.3, -0.25) is 0 Å². The summed E-state index contributed by atoms with van der Waals surface area (Å²) in [5, 5.41) is 9.71. The molecule has 1 aromatic carbocycles. The first kappa shape index (κ1) is 13.0. The number of hydrogen-bond acceptors (Lipinski definition) is 2. The van der Waals surface area contributed by atoms with Crippen molar-refractivity contribution < 1.29 is 5.11 Å². The van der Waals surface area contributed by atoms with Crippen LogP contribution in [0.2, 0.25) is 0 Å². The van der Waals surface area contributed by atoms with Gasteiger partial charge in [-0.2, -0.15) is 0 Å². The minimum atomic E-state index is 0.207. The molecule has 2 heteroatoms. The zero-order valence-electron chi connectivity index (χ0n) is 12.1. The molecule has 1 heterocycles. The van der Waals surface area contributed by atoms with E-state index >= 15 is 0 Å². The van der Waals surface area contributed by atoms with E-state index in [9.17, 15) is 5.11 Å². The predicted molar refractivity (Wildman–Crippen MR) is 78.4 cm³/mol. The van der Waals surface area contributed by atoms with E-state index in [0.717, 1.165) is 5.92 Å². The summed E-state index contributed by atoms with van der Waals surface area (Å²) in [6.45, 7) is 8.43. The van der Waals surface area contributed by atoms with Crippen LogP contribution in [0.5, 0.6) is 5.75 Å². The molecule has 1 saturated heterocycles. The van der Waals surface area contributed by atoms with Crippen LogP contribution in [-0.2, 0) is 5.41 Å². The molecule has 1 aromatic rings. The summed E-state index contributed by atoms with van der Waals surface area (Å²) in [7, 11) is 0. The summed E-state index contributed by atoms with van der Waals surface area (Å²) in [6.07, 6.45) is 4.08. The highest BCUT2D eigenvalue weighted by Crippen LogP contribution is 2.41. The van der Waals surface area contributed by atoms with Crippen LogP contribution in [0.15, 0.2) is 24.3 Å². The number of aromatic hydroxyl groups is 1. The minimum Gasteiger partial charge on any atom is -0.508 e. The minimum absolute atomic E-state index is 0.207. The molecular weight excluding hydrogens is 234 g/mol. The molecule has 104 valence electrons. The fourth-order valence-corrected chi connectivity index (χ4v) is 3.44. The second-order valence-electron chi connectivity index (χ2n) is 6.82. The van der Waals surface area contributed by atoms with E-state index in [-0.39, 0.29) is 5.41 Å². The predicted octanol–water partition coefficient (Wildman–Crippen LogP) is 3.40. The lowest BCUT2D eigenvalue weighted by Crippen LogP contribution is -2.47. The third-order valence-corrected chi connectivity index (χ3v) is 5.29. The molecule has 0 bridgehead atoms. The maximum atomic E-state index is 9.71. The van der Waals surface area contributed by atoms with Gasteiger partial charge in [0.15, 0.2) is 0 Å². The second kappa shape index (κ2) is 4.82. The summed E-state index contributed by atoms with van der Waals surface area (Å²) >= 11 is 0. The normalized spacial score (nSPS) is 32.4. The number of phenols is 1. The fourth-order valence-electron chi connectivity index (χ4n) is 3.44. The van der Waals surface area contributed by atoms with Crippen LogP contribution in [0.3, 0.4) is 0 Å². The number of rotatable bonds is 3. The van der Waals surface area contributed by atoms with Crippen molar-refractivity contribution in [2.24, 2.45) is 11.8 Å². The lowest BCUT2D eigenvalue weighted by atomic mass is 9.68. The van der Waals surface area contributed by atoms with E-state index in [0.29, 0.717) is 11.7 Å². The first-order chi connectivity index (χ1) is 9.08. The van der Waals surface area contributed by atoms with E-state index in [1.807, 2.05) is 12.1 Å². The molecule has 1 N–H and O–H groups in total. The van der Waals surface area contributed by atoms with Crippen molar-refractivity contribution in [3.63, 3.8) is 0 Å². The van der Waals surface area contributed by atoms with Crippen molar-refractivity contribution in [1.82, 2.24) is 4.90 Å². The quantitative estimate of drug-likeness (QED) is 0.899. The average Bonchev–Trinajstić information content (AvgIpc) is 3.18. The number of piperidine rings is 1. The molecule has 1 aliphatic carbocycles. The van der Waals surface area contributed by atoms with Gasteiger partial charge >= 0.3 is 0 Å². The van der Waals surface area contributed by atoms with Crippen LogP contribution < -0.4 is 0 Å². The van der Waals surface area contributed by atoms with Gasteiger partial charge in [-0.1, -0.05) is 26.0 Å². The molecule has 3 rings (SSSR count). The average molecular weight is 259 g/mol. The highest BCUT2D eigenvalue weighted by Gasteiger charge is 2.39. The zero-order valence-corrected chi connectivity index (χ0v) is 12.1. The number of benzene rings is 1. The summed E-state index contributed by atoms with van der Waals surface area (Å²) in [6, 6.07) is 7.86. The molecule has 0 radical (unpaired) electrons. The Morgan fingerprint density at radius 1 is 1.37 bits per heavy atom. The highest BCUT2D eigenvalue weighted by atomic mass is 16.3. The third kappa shape index (κ3) is 2.64. The molecule has 0 unspecified atom stereocenters. The summed E-state index contributed by atoms with van der Waals surface area (Å²) in [5.41, 5.74) is 1.50. The van der Waals surface area contributed by atoms with E-state index < -0.39 is 0 Å². The maximum absolute atomic E-state index is 9.71. The van der Waals surface area contributed by atoms with Crippen molar-refractivity contribution in [1.29, 1.82) is 0 Å². The third-order valence-electron chi connectivity index (χ3n) is 5.29. The van der Waals surface area contributed by atoms with Gasteiger partial charge in [0.25, 0.3) is 0 Å². The largest absolute Gasteiger partial charge is 0.508 e. The van der Waals surface area contributed by atoms with Gasteiger partial charge in [-0.25, -0.2) is 0 Å². The Morgan fingerprint density at radius 3 is 2.79 bits per heavy atom. The van der Waals surface area contributed by atoms with Crippen LogP contribution in [0.4, 0.5) is 0 Å². The van der Waals surface area contributed by atoms with Gasteiger partial charge in [0, 0.05) is 13.1 Å². The molecule has 1 aliphatic heterocycles. The number of likely N-dealkylation sites (tertiary alicyclic amines) is 1. The molecule has 19 heavy (non-hydrogen) atoms. The van der Waals surface area contributed by atoms with Crippen molar-refractivity contribution in [3.8, 4) is 5.75 Å². The van der Waals surface area contributed by atoms with Crippen LogP contribution in [-0.4, -0.2) is 29.6 Å². The van der Waals surface area contributed by atoms with Gasteiger partial charge in [0.05, 0.1) is 0 Å². The van der Waals surface area contributed by atoms with Crippen molar-refractivity contribution in [2.45, 2.75) is 38.5 Å². The van der Waals surface area contributed by atoms with E-state index in [4.69, 9.17) is 0 Å². The topological polar surface area (TPSA) is 23.5 Å². The first-order valence-corrected chi connectivity index (χ1v) is 7.60. The van der Waals surface area contributed by atoms with Crippen LogP contribution in [0.1, 0.15) is 38.7 Å². The van der Waals surface area contributed by atoms with Crippen LogP contribution >= 0.6 is 0 Å².